The van der Waals surface area contributed by atoms with E-state index < -0.39 is 5.38 Å². The molecule has 1 amide bonds. The van der Waals surface area contributed by atoms with Crippen LogP contribution in [-0.4, -0.2) is 11.3 Å². The molecule has 1 N–H and O–H groups in total. The second kappa shape index (κ2) is 5.17. The Morgan fingerprint density at radius 3 is 2.53 bits per heavy atom. The zero-order valence-corrected chi connectivity index (χ0v) is 10.0. The fraction of sp³-hybridized carbons (Fsp3) is 0.417. The molecule has 0 heterocycles. The van der Waals surface area contributed by atoms with Gasteiger partial charge in [0.15, 0.2) is 0 Å². The van der Waals surface area contributed by atoms with Gasteiger partial charge in [0, 0.05) is 5.69 Å². The summed E-state index contributed by atoms with van der Waals surface area (Å²) in [4.78, 5) is 11.4. The van der Waals surface area contributed by atoms with Crippen molar-refractivity contribution in [1.82, 2.24) is 0 Å². The van der Waals surface area contributed by atoms with Crippen LogP contribution < -0.4 is 5.32 Å². The Kier molecular flexibility index (Phi) is 4.15. The molecule has 1 unspecified atom stereocenters. The first-order chi connectivity index (χ1) is 7.00. The van der Waals surface area contributed by atoms with Gasteiger partial charge in [0.1, 0.15) is 5.38 Å². The number of carbonyl (C=O) groups is 1. The summed E-state index contributed by atoms with van der Waals surface area (Å²) in [7, 11) is 0. The van der Waals surface area contributed by atoms with Crippen molar-refractivity contribution in [3.8, 4) is 0 Å². The molecule has 0 aromatic heterocycles. The van der Waals surface area contributed by atoms with Crippen LogP contribution in [0, 0.1) is 0 Å². The maximum Gasteiger partial charge on any atom is 0.242 e. The van der Waals surface area contributed by atoms with E-state index in [9.17, 15) is 4.79 Å². The number of halogens is 1. The Morgan fingerprint density at radius 1 is 1.33 bits per heavy atom. The summed E-state index contributed by atoms with van der Waals surface area (Å²) in [5.41, 5.74) is 2.01. The minimum atomic E-state index is -0.507. The molecule has 1 atom stereocenters. The monoisotopic (exact) mass is 225 g/mol. The molecular formula is C12H16ClNO. The molecule has 0 bridgehead atoms. The fourth-order valence-corrected chi connectivity index (χ4v) is 1.27. The van der Waals surface area contributed by atoms with Gasteiger partial charge in [-0.05, 0) is 30.5 Å². The third kappa shape index (κ3) is 3.56. The number of hydrogen-bond acceptors (Lipinski definition) is 1. The highest BCUT2D eigenvalue weighted by molar-refractivity contribution is 6.32. The average Bonchev–Trinajstić information content (AvgIpc) is 2.18. The van der Waals surface area contributed by atoms with Gasteiger partial charge in [0.25, 0.3) is 0 Å². The van der Waals surface area contributed by atoms with Gasteiger partial charge in [-0.15, -0.1) is 11.6 Å². The van der Waals surface area contributed by atoms with Crippen LogP contribution >= 0.6 is 11.6 Å². The Labute approximate surface area is 95.6 Å². The normalized spacial score (nSPS) is 12.6. The predicted octanol–water partition coefficient (Wildman–Crippen LogP) is 3.38. The average molecular weight is 226 g/mol. The van der Waals surface area contributed by atoms with E-state index in [0.29, 0.717) is 5.92 Å². The van der Waals surface area contributed by atoms with Crippen LogP contribution in [0.5, 0.6) is 0 Å². The second-order valence-corrected chi connectivity index (χ2v) is 4.54. The topological polar surface area (TPSA) is 29.1 Å². The summed E-state index contributed by atoms with van der Waals surface area (Å²) < 4.78 is 0. The number of alkyl halides is 1. The van der Waals surface area contributed by atoms with Crippen LogP contribution in [-0.2, 0) is 4.79 Å². The number of rotatable bonds is 3. The van der Waals surface area contributed by atoms with E-state index in [-0.39, 0.29) is 5.91 Å². The van der Waals surface area contributed by atoms with Crippen LogP contribution in [0.15, 0.2) is 24.3 Å². The van der Waals surface area contributed by atoms with Crippen molar-refractivity contribution >= 4 is 23.2 Å². The molecule has 1 rings (SSSR count). The molecule has 0 aliphatic heterocycles. The summed E-state index contributed by atoms with van der Waals surface area (Å²) in [6, 6.07) is 7.82. The first-order valence-electron chi connectivity index (χ1n) is 5.05. The number of benzene rings is 1. The van der Waals surface area contributed by atoms with E-state index in [1.165, 1.54) is 5.56 Å². The zero-order chi connectivity index (χ0) is 11.4. The lowest BCUT2D eigenvalue weighted by atomic mass is 10.0. The summed E-state index contributed by atoms with van der Waals surface area (Å²) in [5.74, 6) is 0.285. The van der Waals surface area contributed by atoms with Crippen LogP contribution in [0.1, 0.15) is 32.3 Å². The van der Waals surface area contributed by atoms with Crippen molar-refractivity contribution in [2.24, 2.45) is 0 Å². The number of nitrogens with one attached hydrogen (secondary N) is 1. The molecule has 1 aromatic rings. The lowest BCUT2D eigenvalue weighted by Gasteiger charge is -2.10. The maximum atomic E-state index is 11.4. The van der Waals surface area contributed by atoms with E-state index >= 15 is 0 Å². The van der Waals surface area contributed by atoms with Crippen molar-refractivity contribution in [2.75, 3.05) is 5.32 Å². The predicted molar refractivity (Wildman–Crippen MR) is 64.5 cm³/mol. The van der Waals surface area contributed by atoms with Gasteiger partial charge >= 0.3 is 0 Å². The molecule has 0 saturated heterocycles. The van der Waals surface area contributed by atoms with Crippen LogP contribution in [0.2, 0.25) is 0 Å². The van der Waals surface area contributed by atoms with Gasteiger partial charge in [-0.3, -0.25) is 4.79 Å². The number of amides is 1. The standard InChI is InChI=1S/C12H16ClNO/c1-8(2)10-5-4-6-11(7-10)14-12(15)9(3)13/h4-9H,1-3H3,(H,14,15). The van der Waals surface area contributed by atoms with Gasteiger partial charge in [-0.2, -0.15) is 0 Å². The van der Waals surface area contributed by atoms with Crippen LogP contribution in [0.3, 0.4) is 0 Å². The molecule has 15 heavy (non-hydrogen) atoms. The minimum absolute atomic E-state index is 0.169. The second-order valence-electron chi connectivity index (χ2n) is 3.89. The van der Waals surface area contributed by atoms with Crippen molar-refractivity contribution in [1.29, 1.82) is 0 Å². The molecule has 0 spiro atoms. The quantitative estimate of drug-likeness (QED) is 0.786. The first-order valence-corrected chi connectivity index (χ1v) is 5.49. The van der Waals surface area contributed by atoms with Crippen molar-refractivity contribution < 1.29 is 4.79 Å². The smallest absolute Gasteiger partial charge is 0.242 e. The largest absolute Gasteiger partial charge is 0.325 e. The molecule has 0 saturated carbocycles. The Bertz CT molecular complexity index is 347. The zero-order valence-electron chi connectivity index (χ0n) is 9.25. The lowest BCUT2D eigenvalue weighted by molar-refractivity contribution is -0.115. The molecule has 3 heteroatoms. The highest BCUT2D eigenvalue weighted by Gasteiger charge is 2.09. The minimum Gasteiger partial charge on any atom is -0.325 e. The van der Waals surface area contributed by atoms with Gasteiger partial charge < -0.3 is 5.32 Å². The van der Waals surface area contributed by atoms with Crippen LogP contribution in [0.4, 0.5) is 5.69 Å². The van der Waals surface area contributed by atoms with Gasteiger partial charge in [0.2, 0.25) is 5.91 Å². The summed E-state index contributed by atoms with van der Waals surface area (Å²) in [6.45, 7) is 5.89. The molecule has 1 aromatic carbocycles. The number of anilines is 1. The van der Waals surface area contributed by atoms with E-state index in [1.807, 2.05) is 24.3 Å². The Hall–Kier alpha value is -1.02. The number of carbonyl (C=O) groups excluding carboxylic acids is 1. The molecule has 2 nitrogen and oxygen atoms in total. The molecule has 0 fully saturated rings. The van der Waals surface area contributed by atoms with E-state index in [1.54, 1.807) is 6.92 Å². The molecule has 0 aliphatic carbocycles. The Balaban J connectivity index is 2.78. The van der Waals surface area contributed by atoms with Gasteiger partial charge in [-0.1, -0.05) is 26.0 Å². The maximum absolute atomic E-state index is 11.4. The SMILES string of the molecule is CC(Cl)C(=O)Nc1cccc(C(C)C)c1. The van der Waals surface area contributed by atoms with Crippen molar-refractivity contribution in [3.63, 3.8) is 0 Å². The van der Waals surface area contributed by atoms with E-state index in [0.717, 1.165) is 5.69 Å². The fourth-order valence-electron chi connectivity index (χ4n) is 1.22. The summed E-state index contributed by atoms with van der Waals surface area (Å²) >= 11 is 5.67. The summed E-state index contributed by atoms with van der Waals surface area (Å²) in [6.07, 6.45) is 0. The highest BCUT2D eigenvalue weighted by Crippen LogP contribution is 2.18. The first kappa shape index (κ1) is 12.1. The van der Waals surface area contributed by atoms with Gasteiger partial charge in [0.05, 0.1) is 0 Å². The van der Waals surface area contributed by atoms with Crippen molar-refractivity contribution in [2.45, 2.75) is 32.1 Å². The third-order valence-electron chi connectivity index (χ3n) is 2.18. The molecule has 0 aliphatic rings. The van der Waals surface area contributed by atoms with E-state index in [2.05, 4.69) is 19.2 Å². The third-order valence-corrected chi connectivity index (χ3v) is 2.38. The summed E-state index contributed by atoms with van der Waals surface area (Å²) in [5, 5.41) is 2.26. The highest BCUT2D eigenvalue weighted by atomic mass is 35.5. The van der Waals surface area contributed by atoms with Gasteiger partial charge in [-0.25, -0.2) is 0 Å². The van der Waals surface area contributed by atoms with Crippen LogP contribution in [0.25, 0.3) is 0 Å². The van der Waals surface area contributed by atoms with E-state index in [4.69, 9.17) is 11.6 Å². The number of hydrogen-bond donors (Lipinski definition) is 1. The molecule has 0 radical (unpaired) electrons. The van der Waals surface area contributed by atoms with Crippen molar-refractivity contribution in [3.05, 3.63) is 29.8 Å². The molecular weight excluding hydrogens is 210 g/mol. The Morgan fingerprint density at radius 2 is 2.00 bits per heavy atom. The lowest BCUT2D eigenvalue weighted by Crippen LogP contribution is -2.20. The molecule has 82 valence electrons.